The topological polar surface area (TPSA) is 110 Å². The summed E-state index contributed by atoms with van der Waals surface area (Å²) in [6.45, 7) is 3.08. The number of carbonyl (C=O) groups is 1. The lowest BCUT2D eigenvalue weighted by Crippen LogP contribution is -2.38. The molecule has 144 valence electrons. The van der Waals surface area contributed by atoms with E-state index in [1.807, 2.05) is 19.1 Å². The Morgan fingerprint density at radius 3 is 2.48 bits per heavy atom. The number of sulfonamides is 1. The molecule has 0 aliphatic carbocycles. The molecular weight excluding hydrogens is 370 g/mol. The van der Waals surface area contributed by atoms with Crippen LogP contribution in [-0.2, 0) is 21.2 Å². The standard InChI is InChI=1S/C18H21N3O5S/c1-4-14-7-5-6-8-16(14)19-18(22)12-20(27(3,25)26)17-11-15(21(23)24)10-9-13(17)2/h5-11H,4,12H2,1-3H3,(H,19,22). The highest BCUT2D eigenvalue weighted by Crippen LogP contribution is 2.27. The highest BCUT2D eigenvalue weighted by atomic mass is 32.2. The molecule has 2 rings (SSSR count). The summed E-state index contributed by atoms with van der Waals surface area (Å²) in [4.78, 5) is 22.9. The zero-order valence-corrected chi connectivity index (χ0v) is 16.1. The van der Waals surface area contributed by atoms with Crippen LogP contribution in [0.2, 0.25) is 0 Å². The molecule has 1 amide bonds. The van der Waals surface area contributed by atoms with Crippen LogP contribution in [-0.4, -0.2) is 32.0 Å². The van der Waals surface area contributed by atoms with Gasteiger partial charge in [0.1, 0.15) is 6.54 Å². The van der Waals surface area contributed by atoms with Crippen LogP contribution < -0.4 is 9.62 Å². The molecule has 0 unspecified atom stereocenters. The van der Waals surface area contributed by atoms with Gasteiger partial charge >= 0.3 is 0 Å². The molecule has 0 bridgehead atoms. The number of nitrogens with zero attached hydrogens (tertiary/aromatic N) is 2. The lowest BCUT2D eigenvalue weighted by atomic mass is 10.1. The summed E-state index contributed by atoms with van der Waals surface area (Å²) < 4.78 is 25.4. The van der Waals surface area contributed by atoms with E-state index >= 15 is 0 Å². The summed E-state index contributed by atoms with van der Waals surface area (Å²) in [6.07, 6.45) is 1.66. The number of anilines is 2. The molecule has 0 aliphatic rings. The number of carbonyl (C=O) groups excluding carboxylic acids is 1. The third-order valence-electron chi connectivity index (χ3n) is 4.03. The molecule has 0 saturated heterocycles. The zero-order chi connectivity index (χ0) is 20.2. The maximum atomic E-state index is 12.5. The van der Waals surface area contributed by atoms with Gasteiger partial charge < -0.3 is 5.32 Å². The third kappa shape index (κ3) is 5.04. The Balaban J connectivity index is 2.35. The van der Waals surface area contributed by atoms with Crippen molar-refractivity contribution in [3.8, 4) is 0 Å². The van der Waals surface area contributed by atoms with Crippen LogP contribution in [0.4, 0.5) is 17.1 Å². The van der Waals surface area contributed by atoms with Gasteiger partial charge in [0.2, 0.25) is 15.9 Å². The van der Waals surface area contributed by atoms with Gasteiger partial charge in [-0.3, -0.25) is 19.2 Å². The average Bonchev–Trinajstić information content (AvgIpc) is 2.59. The molecule has 0 spiro atoms. The molecule has 0 fully saturated rings. The van der Waals surface area contributed by atoms with Crippen LogP contribution in [0.3, 0.4) is 0 Å². The number of aryl methyl sites for hydroxylation is 2. The summed E-state index contributed by atoms with van der Waals surface area (Å²) in [5.41, 5.74) is 1.89. The summed E-state index contributed by atoms with van der Waals surface area (Å²) in [7, 11) is -3.84. The number of hydrogen-bond acceptors (Lipinski definition) is 5. The second kappa shape index (κ2) is 8.17. The molecule has 27 heavy (non-hydrogen) atoms. The minimum Gasteiger partial charge on any atom is -0.324 e. The van der Waals surface area contributed by atoms with Gasteiger partial charge in [-0.15, -0.1) is 0 Å². The van der Waals surface area contributed by atoms with E-state index in [0.717, 1.165) is 22.2 Å². The first-order valence-electron chi connectivity index (χ1n) is 8.24. The fourth-order valence-electron chi connectivity index (χ4n) is 2.63. The Morgan fingerprint density at radius 1 is 1.22 bits per heavy atom. The number of nitrogens with one attached hydrogen (secondary N) is 1. The highest BCUT2D eigenvalue weighted by molar-refractivity contribution is 7.92. The summed E-state index contributed by atoms with van der Waals surface area (Å²) in [6, 6.07) is 11.1. The van der Waals surface area contributed by atoms with Gasteiger partial charge in [0, 0.05) is 17.8 Å². The van der Waals surface area contributed by atoms with Crippen molar-refractivity contribution in [3.05, 3.63) is 63.7 Å². The van der Waals surface area contributed by atoms with Gasteiger partial charge in [0.05, 0.1) is 16.9 Å². The van der Waals surface area contributed by atoms with Crippen LogP contribution in [0, 0.1) is 17.0 Å². The second-order valence-corrected chi connectivity index (χ2v) is 7.96. The third-order valence-corrected chi connectivity index (χ3v) is 5.16. The first-order valence-corrected chi connectivity index (χ1v) is 10.1. The predicted molar refractivity (Wildman–Crippen MR) is 104 cm³/mol. The molecule has 8 nitrogen and oxygen atoms in total. The Hall–Kier alpha value is -2.94. The summed E-state index contributed by atoms with van der Waals surface area (Å²) in [5, 5.41) is 13.7. The quantitative estimate of drug-likeness (QED) is 0.576. The number of hydrogen-bond donors (Lipinski definition) is 1. The monoisotopic (exact) mass is 391 g/mol. The van der Waals surface area contributed by atoms with Crippen molar-refractivity contribution < 1.29 is 18.1 Å². The predicted octanol–water partition coefficient (Wildman–Crippen LogP) is 2.87. The Morgan fingerprint density at radius 2 is 1.89 bits per heavy atom. The number of nitro benzene ring substituents is 1. The van der Waals surface area contributed by atoms with E-state index in [-0.39, 0.29) is 11.4 Å². The number of amides is 1. The van der Waals surface area contributed by atoms with E-state index in [0.29, 0.717) is 17.7 Å². The molecule has 1 N–H and O–H groups in total. The number of benzene rings is 2. The smallest absolute Gasteiger partial charge is 0.271 e. The Kier molecular flexibility index (Phi) is 6.17. The molecule has 9 heteroatoms. The second-order valence-electron chi connectivity index (χ2n) is 6.06. The molecule has 2 aromatic carbocycles. The maximum absolute atomic E-state index is 12.5. The molecule has 2 aromatic rings. The van der Waals surface area contributed by atoms with Crippen molar-refractivity contribution in [2.24, 2.45) is 0 Å². The largest absolute Gasteiger partial charge is 0.324 e. The van der Waals surface area contributed by atoms with Crippen LogP contribution in [0.15, 0.2) is 42.5 Å². The SMILES string of the molecule is CCc1ccccc1NC(=O)CN(c1cc([N+](=O)[O-])ccc1C)S(C)(=O)=O. The van der Waals surface area contributed by atoms with Crippen molar-refractivity contribution in [1.82, 2.24) is 0 Å². The fourth-order valence-corrected chi connectivity index (χ4v) is 3.54. The summed E-state index contributed by atoms with van der Waals surface area (Å²) >= 11 is 0. The molecule has 0 radical (unpaired) electrons. The molecule has 0 atom stereocenters. The molecular formula is C18H21N3O5S. The van der Waals surface area contributed by atoms with Crippen molar-refractivity contribution in [1.29, 1.82) is 0 Å². The number of non-ortho nitro benzene ring substituents is 1. The van der Waals surface area contributed by atoms with Crippen molar-refractivity contribution >= 4 is 33.0 Å². The molecule has 0 aromatic heterocycles. The van der Waals surface area contributed by atoms with Crippen LogP contribution >= 0.6 is 0 Å². The van der Waals surface area contributed by atoms with Crippen LogP contribution in [0.25, 0.3) is 0 Å². The maximum Gasteiger partial charge on any atom is 0.271 e. The average molecular weight is 391 g/mol. The van der Waals surface area contributed by atoms with E-state index in [9.17, 15) is 23.3 Å². The van der Waals surface area contributed by atoms with Crippen molar-refractivity contribution in [2.75, 3.05) is 22.4 Å². The van der Waals surface area contributed by atoms with E-state index < -0.39 is 27.4 Å². The van der Waals surface area contributed by atoms with Gasteiger partial charge in [-0.1, -0.05) is 31.2 Å². The lowest BCUT2D eigenvalue weighted by molar-refractivity contribution is -0.384. The van der Waals surface area contributed by atoms with E-state index in [1.54, 1.807) is 19.1 Å². The lowest BCUT2D eigenvalue weighted by Gasteiger charge is -2.23. The van der Waals surface area contributed by atoms with Gasteiger partial charge in [-0.05, 0) is 30.5 Å². The minimum absolute atomic E-state index is 0.102. The Bertz CT molecular complexity index is 973. The molecule has 0 saturated carbocycles. The fraction of sp³-hybridized carbons (Fsp3) is 0.278. The zero-order valence-electron chi connectivity index (χ0n) is 15.3. The number of rotatable bonds is 7. The van der Waals surface area contributed by atoms with Crippen molar-refractivity contribution in [2.45, 2.75) is 20.3 Å². The highest BCUT2D eigenvalue weighted by Gasteiger charge is 2.24. The minimum atomic E-state index is -3.84. The van der Waals surface area contributed by atoms with Gasteiger partial charge in [-0.2, -0.15) is 0 Å². The van der Waals surface area contributed by atoms with Gasteiger partial charge in [-0.25, -0.2) is 8.42 Å². The van der Waals surface area contributed by atoms with E-state index in [2.05, 4.69) is 5.32 Å². The molecule has 0 aliphatic heterocycles. The summed E-state index contributed by atoms with van der Waals surface area (Å²) in [5.74, 6) is -0.535. The molecule has 0 heterocycles. The van der Waals surface area contributed by atoms with Crippen molar-refractivity contribution in [3.63, 3.8) is 0 Å². The van der Waals surface area contributed by atoms with Gasteiger partial charge in [0.15, 0.2) is 0 Å². The number of para-hydroxylation sites is 1. The van der Waals surface area contributed by atoms with Crippen LogP contribution in [0.1, 0.15) is 18.1 Å². The van der Waals surface area contributed by atoms with Gasteiger partial charge in [0.25, 0.3) is 5.69 Å². The first kappa shape index (κ1) is 20.4. The van der Waals surface area contributed by atoms with Crippen LogP contribution in [0.5, 0.6) is 0 Å². The van der Waals surface area contributed by atoms with E-state index in [1.165, 1.54) is 12.1 Å². The first-order chi connectivity index (χ1) is 12.6. The number of nitro groups is 1. The normalized spacial score (nSPS) is 11.1. The van der Waals surface area contributed by atoms with E-state index in [4.69, 9.17) is 0 Å². The Labute approximate surface area is 158 Å².